The Balaban J connectivity index is 1.15. The van der Waals surface area contributed by atoms with Crippen LogP contribution in [-0.2, 0) is 29.2 Å². The van der Waals surface area contributed by atoms with Gasteiger partial charge in [0, 0.05) is 31.1 Å². The third kappa shape index (κ3) is 4.99. The van der Waals surface area contributed by atoms with Crippen LogP contribution < -0.4 is 5.32 Å². The van der Waals surface area contributed by atoms with E-state index in [1.54, 1.807) is 23.4 Å². The summed E-state index contributed by atoms with van der Waals surface area (Å²) < 4.78 is 48.2. The van der Waals surface area contributed by atoms with Crippen molar-refractivity contribution in [3.8, 4) is 0 Å². The van der Waals surface area contributed by atoms with Crippen molar-refractivity contribution in [2.45, 2.75) is 38.6 Å². The third-order valence-electron chi connectivity index (χ3n) is 6.79. The van der Waals surface area contributed by atoms with Gasteiger partial charge in [0.15, 0.2) is 5.69 Å². The minimum absolute atomic E-state index is 0.0874. The van der Waals surface area contributed by atoms with Crippen molar-refractivity contribution in [2.75, 3.05) is 13.1 Å². The Labute approximate surface area is 205 Å². The van der Waals surface area contributed by atoms with Gasteiger partial charge in [-0.1, -0.05) is 12.1 Å². The SMILES string of the molecule is O=C(NCc1cc(F)ccc1F)C1CCN(C(=O)c2ncn3c2CO[C@@H](c2ccc(F)cc2)C3)CC1. The van der Waals surface area contributed by atoms with Crippen molar-refractivity contribution in [3.63, 3.8) is 0 Å². The van der Waals surface area contributed by atoms with Gasteiger partial charge in [0.25, 0.3) is 5.91 Å². The van der Waals surface area contributed by atoms with E-state index >= 15 is 0 Å². The molecule has 1 fully saturated rings. The van der Waals surface area contributed by atoms with Crippen LogP contribution in [0.2, 0.25) is 0 Å². The number of hydrogen-bond acceptors (Lipinski definition) is 4. The van der Waals surface area contributed by atoms with Crippen molar-refractivity contribution in [2.24, 2.45) is 5.92 Å². The Bertz CT molecular complexity index is 1270. The molecule has 3 heterocycles. The minimum Gasteiger partial charge on any atom is -0.365 e. The number of piperidine rings is 1. The van der Waals surface area contributed by atoms with E-state index in [1.165, 1.54) is 12.1 Å². The van der Waals surface area contributed by atoms with Crippen LogP contribution in [0.5, 0.6) is 0 Å². The summed E-state index contributed by atoms with van der Waals surface area (Å²) in [5.74, 6) is -2.23. The molecule has 0 saturated carbocycles. The molecule has 7 nitrogen and oxygen atoms in total. The molecule has 0 unspecified atom stereocenters. The summed E-state index contributed by atoms with van der Waals surface area (Å²) in [6, 6.07) is 9.27. The number of carbonyl (C=O) groups is 2. The van der Waals surface area contributed by atoms with E-state index < -0.39 is 11.6 Å². The number of ether oxygens (including phenoxy) is 1. The molecule has 1 aromatic heterocycles. The predicted molar refractivity (Wildman–Crippen MR) is 123 cm³/mol. The number of fused-ring (bicyclic) bond motifs is 1. The molecule has 1 N–H and O–H groups in total. The molecular weight excluding hydrogens is 473 g/mol. The highest BCUT2D eigenvalue weighted by Gasteiger charge is 2.32. The molecule has 2 amide bonds. The van der Waals surface area contributed by atoms with Gasteiger partial charge in [0.05, 0.1) is 25.2 Å². The first kappa shape index (κ1) is 24.1. The number of benzene rings is 2. The maximum absolute atomic E-state index is 13.8. The normalized spacial score (nSPS) is 18.1. The van der Waals surface area contributed by atoms with Gasteiger partial charge in [-0.05, 0) is 48.7 Å². The van der Waals surface area contributed by atoms with Gasteiger partial charge in [-0.2, -0.15) is 0 Å². The number of nitrogens with one attached hydrogen (secondary N) is 1. The van der Waals surface area contributed by atoms with Gasteiger partial charge in [0.2, 0.25) is 5.91 Å². The van der Waals surface area contributed by atoms with Crippen LogP contribution in [0.15, 0.2) is 48.8 Å². The first-order valence-corrected chi connectivity index (χ1v) is 11.8. The molecule has 10 heteroatoms. The monoisotopic (exact) mass is 498 g/mol. The smallest absolute Gasteiger partial charge is 0.274 e. The van der Waals surface area contributed by atoms with Gasteiger partial charge in [-0.25, -0.2) is 18.2 Å². The lowest BCUT2D eigenvalue weighted by Gasteiger charge is -2.31. The summed E-state index contributed by atoms with van der Waals surface area (Å²) in [6.07, 6.45) is 2.28. The first-order chi connectivity index (χ1) is 17.4. The Hall–Kier alpha value is -3.66. The van der Waals surface area contributed by atoms with Crippen LogP contribution in [0.1, 0.15) is 46.3 Å². The highest BCUT2D eigenvalue weighted by Crippen LogP contribution is 2.29. The molecule has 36 heavy (non-hydrogen) atoms. The van der Waals surface area contributed by atoms with Gasteiger partial charge < -0.3 is 19.5 Å². The van der Waals surface area contributed by atoms with E-state index in [-0.39, 0.29) is 48.4 Å². The Kier molecular flexibility index (Phi) is 6.77. The van der Waals surface area contributed by atoms with Crippen LogP contribution in [0.4, 0.5) is 13.2 Å². The zero-order chi connectivity index (χ0) is 25.2. The second kappa shape index (κ2) is 10.1. The van der Waals surface area contributed by atoms with Crippen LogP contribution in [0.3, 0.4) is 0 Å². The molecule has 2 aromatic carbocycles. The number of carbonyl (C=O) groups excluding carboxylic acids is 2. The molecule has 2 aliphatic rings. The van der Waals surface area contributed by atoms with Crippen LogP contribution in [0, 0.1) is 23.4 Å². The zero-order valence-corrected chi connectivity index (χ0v) is 19.4. The van der Waals surface area contributed by atoms with Gasteiger partial charge >= 0.3 is 0 Å². The van der Waals surface area contributed by atoms with Gasteiger partial charge in [-0.3, -0.25) is 9.59 Å². The molecule has 1 saturated heterocycles. The second-order valence-corrected chi connectivity index (χ2v) is 9.06. The summed E-state index contributed by atoms with van der Waals surface area (Å²) in [6.45, 7) is 1.35. The Morgan fingerprint density at radius 2 is 1.75 bits per heavy atom. The van der Waals surface area contributed by atoms with Crippen molar-refractivity contribution in [1.29, 1.82) is 0 Å². The average molecular weight is 499 g/mol. The first-order valence-electron chi connectivity index (χ1n) is 11.8. The fraction of sp³-hybridized carbons (Fsp3) is 0.346. The number of nitrogens with zero attached hydrogens (tertiary/aromatic N) is 3. The average Bonchev–Trinajstić information content (AvgIpc) is 3.32. The lowest BCUT2D eigenvalue weighted by Crippen LogP contribution is -2.43. The second-order valence-electron chi connectivity index (χ2n) is 9.06. The summed E-state index contributed by atoms with van der Waals surface area (Å²) in [5.41, 5.74) is 1.96. The maximum atomic E-state index is 13.8. The molecule has 2 aliphatic heterocycles. The molecule has 0 bridgehead atoms. The van der Waals surface area contributed by atoms with E-state index in [9.17, 15) is 22.8 Å². The van der Waals surface area contributed by atoms with E-state index in [4.69, 9.17) is 4.74 Å². The molecule has 5 rings (SSSR count). The minimum atomic E-state index is -0.575. The number of rotatable bonds is 5. The molecule has 188 valence electrons. The van der Waals surface area contributed by atoms with Crippen molar-refractivity contribution in [3.05, 3.63) is 88.8 Å². The van der Waals surface area contributed by atoms with E-state index in [1.807, 2.05) is 4.57 Å². The highest BCUT2D eigenvalue weighted by atomic mass is 19.1. The van der Waals surface area contributed by atoms with Crippen molar-refractivity contribution in [1.82, 2.24) is 19.8 Å². The standard InChI is InChI=1S/C26H25F3N4O3/c27-19-3-1-16(2-4-19)23-13-33-15-31-24(22(33)14-36-23)26(35)32-9-7-17(8-10-32)25(34)30-12-18-11-20(28)5-6-21(18)29/h1-6,11,15,17,23H,7-10,12-14H2,(H,30,34)/t23-/m1/s1. The highest BCUT2D eigenvalue weighted by molar-refractivity contribution is 5.93. The fourth-order valence-electron chi connectivity index (χ4n) is 4.68. The number of likely N-dealkylation sites (tertiary alicyclic amines) is 1. The van der Waals surface area contributed by atoms with Crippen molar-refractivity contribution >= 4 is 11.8 Å². The zero-order valence-electron chi connectivity index (χ0n) is 19.4. The molecular formula is C26H25F3N4O3. The van der Waals surface area contributed by atoms with Gasteiger partial charge in [-0.15, -0.1) is 0 Å². The quantitative estimate of drug-likeness (QED) is 0.582. The van der Waals surface area contributed by atoms with Crippen LogP contribution in [-0.4, -0.2) is 39.4 Å². The van der Waals surface area contributed by atoms with E-state index in [2.05, 4.69) is 10.3 Å². The Morgan fingerprint density at radius 1 is 1.03 bits per heavy atom. The molecule has 3 aromatic rings. The topological polar surface area (TPSA) is 76.5 Å². The van der Waals surface area contributed by atoms with Gasteiger partial charge in [0.1, 0.15) is 23.6 Å². The maximum Gasteiger partial charge on any atom is 0.274 e. The summed E-state index contributed by atoms with van der Waals surface area (Å²) in [4.78, 5) is 31.7. The number of aromatic nitrogens is 2. The summed E-state index contributed by atoms with van der Waals surface area (Å²) in [5, 5.41) is 2.67. The fourth-order valence-corrected chi connectivity index (χ4v) is 4.68. The lowest BCUT2D eigenvalue weighted by atomic mass is 9.95. The lowest BCUT2D eigenvalue weighted by molar-refractivity contribution is -0.126. The third-order valence-corrected chi connectivity index (χ3v) is 6.79. The molecule has 1 atom stereocenters. The molecule has 0 radical (unpaired) electrons. The Morgan fingerprint density at radius 3 is 2.50 bits per heavy atom. The predicted octanol–water partition coefficient (Wildman–Crippen LogP) is 3.74. The summed E-state index contributed by atoms with van der Waals surface area (Å²) in [7, 11) is 0. The number of hydrogen-bond donors (Lipinski definition) is 1. The summed E-state index contributed by atoms with van der Waals surface area (Å²) >= 11 is 0. The van der Waals surface area contributed by atoms with E-state index in [0.29, 0.717) is 43.9 Å². The van der Waals surface area contributed by atoms with Crippen molar-refractivity contribution < 1.29 is 27.5 Å². The number of amides is 2. The largest absolute Gasteiger partial charge is 0.365 e. The number of imidazole rings is 1. The molecule has 0 spiro atoms. The van der Waals surface area contributed by atoms with Crippen LogP contribution >= 0.6 is 0 Å². The van der Waals surface area contributed by atoms with E-state index in [0.717, 1.165) is 23.8 Å². The molecule has 0 aliphatic carbocycles. The number of halogens is 3. The van der Waals surface area contributed by atoms with Crippen LogP contribution in [0.25, 0.3) is 0 Å².